The number of benzene rings is 2. The molecule has 0 amide bonds. The molecule has 0 atom stereocenters. The van der Waals surface area contributed by atoms with Crippen molar-refractivity contribution in [3.05, 3.63) is 80.5 Å². The summed E-state index contributed by atoms with van der Waals surface area (Å²) >= 11 is 0. The zero-order valence-corrected chi connectivity index (χ0v) is 18.9. The molecule has 11 heteroatoms. The van der Waals surface area contributed by atoms with E-state index in [0.29, 0.717) is 6.61 Å². The first-order valence-electron chi connectivity index (χ1n) is 10.8. The summed E-state index contributed by atoms with van der Waals surface area (Å²) in [5.41, 5.74) is -1.03. The highest BCUT2D eigenvalue weighted by molar-refractivity contribution is 5.90. The van der Waals surface area contributed by atoms with Gasteiger partial charge in [-0.25, -0.2) is 9.59 Å². The summed E-state index contributed by atoms with van der Waals surface area (Å²) in [4.78, 5) is 47.3. The molecule has 0 aliphatic carbocycles. The van der Waals surface area contributed by atoms with Gasteiger partial charge >= 0.3 is 11.9 Å². The highest BCUT2D eigenvalue weighted by atomic mass is 16.6. The molecule has 0 fully saturated rings. The number of hydrogen-bond acceptors (Lipinski definition) is 9. The molecule has 0 spiro atoms. The van der Waals surface area contributed by atoms with Crippen LogP contribution in [0.15, 0.2) is 67.0 Å². The van der Waals surface area contributed by atoms with E-state index in [4.69, 9.17) is 33.3 Å². The van der Waals surface area contributed by atoms with E-state index in [1.165, 1.54) is 12.1 Å². The summed E-state index contributed by atoms with van der Waals surface area (Å²) in [6.45, 7) is 1.99. The van der Waals surface area contributed by atoms with Crippen LogP contribution >= 0.6 is 0 Å². The topological polar surface area (TPSA) is 163 Å². The van der Waals surface area contributed by atoms with Crippen molar-refractivity contribution in [1.82, 2.24) is 0 Å². The van der Waals surface area contributed by atoms with Crippen LogP contribution in [0.2, 0.25) is 0 Å². The molecular weight excluding hydrogens is 476 g/mol. The lowest BCUT2D eigenvalue weighted by molar-refractivity contribution is -0.000608. The number of carboxylic acids is 2. The molecule has 186 valence electrons. The van der Waals surface area contributed by atoms with Crippen molar-refractivity contribution in [3.8, 4) is 11.5 Å². The second kappa shape index (κ2) is 10.3. The summed E-state index contributed by atoms with van der Waals surface area (Å²) in [6.07, 6.45) is -0.629. The largest absolute Gasteiger partial charge is 0.490 e. The molecule has 2 heterocycles. The number of ether oxygens (including phenoxy) is 3. The minimum atomic E-state index is -1.37. The summed E-state index contributed by atoms with van der Waals surface area (Å²) in [5, 5.41) is 18.4. The van der Waals surface area contributed by atoms with E-state index in [1.807, 2.05) is 0 Å². The number of fused-ring (bicyclic) bond motifs is 2. The van der Waals surface area contributed by atoms with Crippen molar-refractivity contribution >= 4 is 33.9 Å². The predicted octanol–water partition coefficient (Wildman–Crippen LogP) is 3.16. The molecule has 0 bridgehead atoms. The van der Waals surface area contributed by atoms with Crippen molar-refractivity contribution in [3.63, 3.8) is 0 Å². The van der Waals surface area contributed by atoms with Gasteiger partial charge < -0.3 is 33.3 Å². The van der Waals surface area contributed by atoms with Crippen LogP contribution in [0.5, 0.6) is 11.5 Å². The number of aromatic carboxylic acids is 2. The van der Waals surface area contributed by atoms with Crippen LogP contribution in [0.25, 0.3) is 21.9 Å². The monoisotopic (exact) mass is 496 g/mol. The van der Waals surface area contributed by atoms with Gasteiger partial charge in [-0.15, -0.1) is 0 Å². The maximum absolute atomic E-state index is 12.5. The Labute approximate surface area is 202 Å². The minimum Gasteiger partial charge on any atom is -0.490 e. The van der Waals surface area contributed by atoms with E-state index in [-0.39, 0.29) is 46.7 Å². The van der Waals surface area contributed by atoms with Gasteiger partial charge in [0.2, 0.25) is 11.5 Å². The Morgan fingerprint density at radius 2 is 1.25 bits per heavy atom. The average molecular weight is 496 g/mol. The molecule has 0 saturated heterocycles. The molecule has 2 aromatic carbocycles. The zero-order chi connectivity index (χ0) is 25.8. The maximum Gasteiger partial charge on any atom is 0.371 e. The molecule has 0 saturated carbocycles. The van der Waals surface area contributed by atoms with Crippen molar-refractivity contribution in [2.24, 2.45) is 0 Å². The Morgan fingerprint density at radius 3 is 1.64 bits per heavy atom. The fraction of sp³-hybridized carbons (Fsp3) is 0.200. The lowest BCUT2D eigenvalue weighted by Gasteiger charge is -2.19. The minimum absolute atomic E-state index is 0.0460. The van der Waals surface area contributed by atoms with E-state index >= 15 is 0 Å². The summed E-state index contributed by atoms with van der Waals surface area (Å²) in [6, 6.07) is 10.9. The molecule has 2 N–H and O–H groups in total. The van der Waals surface area contributed by atoms with Crippen LogP contribution in [0.3, 0.4) is 0 Å². The molecule has 0 aliphatic heterocycles. The third kappa shape index (κ3) is 5.05. The third-order valence-corrected chi connectivity index (χ3v) is 5.11. The van der Waals surface area contributed by atoms with Gasteiger partial charge in [0.25, 0.3) is 0 Å². The van der Waals surface area contributed by atoms with E-state index in [1.54, 1.807) is 31.2 Å². The van der Waals surface area contributed by atoms with E-state index in [0.717, 1.165) is 12.1 Å². The Bertz CT molecular complexity index is 1450. The van der Waals surface area contributed by atoms with Crippen LogP contribution < -0.4 is 20.3 Å². The quantitative estimate of drug-likeness (QED) is 0.331. The van der Waals surface area contributed by atoms with E-state index in [9.17, 15) is 19.2 Å². The smallest absolute Gasteiger partial charge is 0.371 e. The first kappa shape index (κ1) is 24.5. The van der Waals surface area contributed by atoms with Gasteiger partial charge in [0.1, 0.15) is 52.8 Å². The second-order valence-corrected chi connectivity index (χ2v) is 7.52. The fourth-order valence-corrected chi connectivity index (χ4v) is 3.55. The lowest BCUT2D eigenvalue weighted by atomic mass is 10.2. The van der Waals surface area contributed by atoms with Gasteiger partial charge in [0, 0.05) is 18.7 Å². The molecular formula is C25H20O11. The van der Waals surface area contributed by atoms with Gasteiger partial charge in [-0.3, -0.25) is 9.59 Å². The van der Waals surface area contributed by atoms with Crippen LogP contribution in [-0.4, -0.2) is 48.1 Å². The van der Waals surface area contributed by atoms with Crippen molar-refractivity contribution in [1.29, 1.82) is 0 Å². The SMILES string of the molecule is CCOC(COc1cccc2oc(C(=O)O)cc(=O)c12)COc1cccc2oc(C(=O)O)cc(=O)c12. The van der Waals surface area contributed by atoms with E-state index in [2.05, 4.69) is 0 Å². The first-order chi connectivity index (χ1) is 17.3. The summed E-state index contributed by atoms with van der Waals surface area (Å²) in [5.74, 6) is -3.35. The third-order valence-electron chi connectivity index (χ3n) is 5.11. The second-order valence-electron chi connectivity index (χ2n) is 7.52. The van der Waals surface area contributed by atoms with Gasteiger partial charge in [-0.2, -0.15) is 0 Å². The number of carboxylic acid groups (broad SMARTS) is 2. The molecule has 2 aromatic heterocycles. The molecule has 0 radical (unpaired) electrons. The lowest BCUT2D eigenvalue weighted by Crippen LogP contribution is -2.29. The Morgan fingerprint density at radius 1 is 0.806 bits per heavy atom. The number of hydrogen-bond donors (Lipinski definition) is 2. The van der Waals surface area contributed by atoms with Crippen molar-refractivity contribution in [2.75, 3.05) is 19.8 Å². The summed E-state index contributed by atoms with van der Waals surface area (Å²) in [7, 11) is 0. The average Bonchev–Trinajstić information content (AvgIpc) is 2.85. The number of carbonyl (C=O) groups is 2. The standard InChI is InChI=1S/C25H20O11/c1-2-32-13(11-33-16-5-3-7-18-22(16)14(26)9-20(35-18)24(28)29)12-34-17-6-4-8-19-23(17)15(27)10-21(36-19)25(30)31/h3-10,13H,2,11-12H2,1H3,(H,28,29)(H,30,31). The molecule has 36 heavy (non-hydrogen) atoms. The summed E-state index contributed by atoms with van der Waals surface area (Å²) < 4.78 is 27.8. The fourth-order valence-electron chi connectivity index (χ4n) is 3.55. The van der Waals surface area contributed by atoms with Crippen molar-refractivity contribution in [2.45, 2.75) is 13.0 Å². The Balaban J connectivity index is 1.54. The van der Waals surface area contributed by atoms with Gasteiger partial charge in [0.15, 0.2) is 10.9 Å². The predicted molar refractivity (Wildman–Crippen MR) is 125 cm³/mol. The van der Waals surface area contributed by atoms with E-state index < -0.39 is 40.4 Å². The maximum atomic E-state index is 12.5. The van der Waals surface area contributed by atoms with Gasteiger partial charge in [-0.1, -0.05) is 12.1 Å². The Kier molecular flexibility index (Phi) is 7.02. The molecule has 4 aromatic rings. The zero-order valence-electron chi connectivity index (χ0n) is 18.9. The Hall–Kier alpha value is -4.64. The van der Waals surface area contributed by atoms with Crippen LogP contribution in [0.1, 0.15) is 28.0 Å². The molecule has 4 rings (SSSR count). The van der Waals surface area contributed by atoms with Gasteiger partial charge in [-0.05, 0) is 31.2 Å². The van der Waals surface area contributed by atoms with Crippen LogP contribution in [-0.2, 0) is 4.74 Å². The number of rotatable bonds is 10. The van der Waals surface area contributed by atoms with Gasteiger partial charge in [0.05, 0.1) is 0 Å². The normalized spacial score (nSPS) is 11.2. The van der Waals surface area contributed by atoms with Crippen molar-refractivity contribution < 1.29 is 42.8 Å². The van der Waals surface area contributed by atoms with Crippen LogP contribution in [0, 0.1) is 0 Å². The molecule has 0 aliphatic rings. The first-order valence-corrected chi connectivity index (χ1v) is 10.8. The molecule has 0 unspecified atom stereocenters. The molecule has 11 nitrogen and oxygen atoms in total. The highest BCUT2D eigenvalue weighted by Gasteiger charge is 2.18. The van der Waals surface area contributed by atoms with Crippen LogP contribution in [0.4, 0.5) is 0 Å². The highest BCUT2D eigenvalue weighted by Crippen LogP contribution is 2.25.